The van der Waals surface area contributed by atoms with Gasteiger partial charge in [0.15, 0.2) is 11.5 Å². The molecule has 150 valence electrons. The molecule has 0 atom stereocenters. The van der Waals surface area contributed by atoms with Crippen molar-refractivity contribution >= 4 is 28.6 Å². The number of nitro benzene ring substituents is 1. The molecule has 8 nitrogen and oxygen atoms in total. The molecule has 0 saturated heterocycles. The maximum Gasteiger partial charge on any atom is 0.274 e. The highest BCUT2D eigenvalue weighted by Gasteiger charge is 2.16. The maximum absolute atomic E-state index is 11.1. The zero-order chi connectivity index (χ0) is 21.3. The monoisotopic (exact) mass is 402 g/mol. The van der Waals surface area contributed by atoms with Crippen LogP contribution in [0.2, 0.25) is 0 Å². The highest BCUT2D eigenvalue weighted by atomic mass is 16.6. The normalized spacial score (nSPS) is 11.3. The van der Waals surface area contributed by atoms with Crippen LogP contribution in [0.1, 0.15) is 11.1 Å². The lowest BCUT2D eigenvalue weighted by atomic mass is 10.1. The van der Waals surface area contributed by atoms with Gasteiger partial charge in [-0.25, -0.2) is 4.98 Å². The molecule has 3 aromatic carbocycles. The highest BCUT2D eigenvalue weighted by Crippen LogP contribution is 2.34. The van der Waals surface area contributed by atoms with Gasteiger partial charge in [-0.2, -0.15) is 0 Å². The van der Waals surface area contributed by atoms with E-state index in [0.717, 1.165) is 22.2 Å². The molecule has 30 heavy (non-hydrogen) atoms. The lowest BCUT2D eigenvalue weighted by Crippen LogP contribution is -1.94. The number of phenols is 1. The Morgan fingerprint density at radius 3 is 2.73 bits per heavy atom. The number of nitrogens with zero attached hydrogens (tertiary/aromatic N) is 3. The molecular formula is C22H18N4O4. The van der Waals surface area contributed by atoms with Gasteiger partial charge >= 0.3 is 0 Å². The molecule has 4 aromatic rings. The Bertz CT molecular complexity index is 1260. The molecule has 0 aliphatic heterocycles. The number of hydrogen-bond donors (Lipinski definition) is 2. The number of methoxy groups -OCH3 is 1. The zero-order valence-corrected chi connectivity index (χ0v) is 16.3. The Hall–Kier alpha value is -4.20. The largest absolute Gasteiger partial charge is 0.504 e. The number of nitrogens with one attached hydrogen (secondary N) is 1. The standard InChI is InChI=1S/C22H18N4O4/c1-13-7-8-14(22-24-17-5-3-4-6-18(17)25-22)10-19(13)23-12-15-9-16(26(28)29)11-20(30-2)21(15)27/h3-12,27H,1-2H3,(H,24,25). The van der Waals surface area contributed by atoms with Crippen molar-refractivity contribution in [3.8, 4) is 22.9 Å². The number of para-hydroxylation sites is 2. The number of aromatic nitrogens is 2. The van der Waals surface area contributed by atoms with E-state index in [1.54, 1.807) is 0 Å². The van der Waals surface area contributed by atoms with Crippen molar-refractivity contribution in [1.29, 1.82) is 0 Å². The summed E-state index contributed by atoms with van der Waals surface area (Å²) in [4.78, 5) is 22.9. The summed E-state index contributed by atoms with van der Waals surface area (Å²) in [7, 11) is 1.33. The van der Waals surface area contributed by atoms with E-state index >= 15 is 0 Å². The zero-order valence-electron chi connectivity index (χ0n) is 16.3. The molecule has 2 N–H and O–H groups in total. The lowest BCUT2D eigenvalue weighted by molar-refractivity contribution is -0.385. The number of aromatic hydroxyl groups is 1. The van der Waals surface area contributed by atoms with Crippen LogP contribution in [0, 0.1) is 17.0 Å². The minimum Gasteiger partial charge on any atom is -0.504 e. The molecule has 0 bridgehead atoms. The second-order valence-corrected chi connectivity index (χ2v) is 6.70. The molecule has 0 radical (unpaired) electrons. The van der Waals surface area contributed by atoms with Gasteiger partial charge in [0.2, 0.25) is 0 Å². The van der Waals surface area contributed by atoms with E-state index in [2.05, 4.69) is 15.0 Å². The summed E-state index contributed by atoms with van der Waals surface area (Å²) in [6.45, 7) is 1.91. The molecule has 0 aliphatic carbocycles. The van der Waals surface area contributed by atoms with Crippen LogP contribution in [-0.4, -0.2) is 33.3 Å². The number of aryl methyl sites for hydroxylation is 1. The third-order valence-electron chi connectivity index (χ3n) is 4.73. The van der Waals surface area contributed by atoms with Crippen LogP contribution in [0.25, 0.3) is 22.4 Å². The summed E-state index contributed by atoms with van der Waals surface area (Å²) < 4.78 is 5.03. The first-order valence-electron chi connectivity index (χ1n) is 9.11. The van der Waals surface area contributed by atoms with Crippen LogP contribution in [-0.2, 0) is 0 Å². The quantitative estimate of drug-likeness (QED) is 0.280. The second-order valence-electron chi connectivity index (χ2n) is 6.70. The number of ether oxygens (including phenoxy) is 1. The molecule has 0 fully saturated rings. The molecule has 0 saturated carbocycles. The molecule has 0 spiro atoms. The number of imidazole rings is 1. The second kappa shape index (κ2) is 7.67. The SMILES string of the molecule is COc1cc([N+](=O)[O-])cc(C=Nc2cc(-c3nc4ccccc4[nH]3)ccc2C)c1O. The fourth-order valence-corrected chi connectivity index (χ4v) is 3.10. The number of non-ortho nitro benzene ring substituents is 1. The fourth-order valence-electron chi connectivity index (χ4n) is 3.10. The van der Waals surface area contributed by atoms with Crippen molar-refractivity contribution in [3.05, 3.63) is 75.8 Å². The topological polar surface area (TPSA) is 114 Å². The van der Waals surface area contributed by atoms with Crippen molar-refractivity contribution < 1.29 is 14.8 Å². The minimum atomic E-state index is -0.549. The lowest BCUT2D eigenvalue weighted by Gasteiger charge is -2.07. The van der Waals surface area contributed by atoms with Crippen LogP contribution in [0.15, 0.2) is 59.6 Å². The predicted molar refractivity (Wildman–Crippen MR) is 115 cm³/mol. The number of rotatable bonds is 5. The van der Waals surface area contributed by atoms with Crippen molar-refractivity contribution in [3.63, 3.8) is 0 Å². The van der Waals surface area contributed by atoms with Crippen molar-refractivity contribution in [2.24, 2.45) is 4.99 Å². The molecule has 1 heterocycles. The molecule has 8 heteroatoms. The maximum atomic E-state index is 11.1. The molecule has 0 unspecified atom stereocenters. The van der Waals surface area contributed by atoms with E-state index in [-0.39, 0.29) is 22.7 Å². The Morgan fingerprint density at radius 2 is 2.00 bits per heavy atom. The van der Waals surface area contributed by atoms with E-state index in [1.165, 1.54) is 25.5 Å². The number of benzene rings is 3. The van der Waals surface area contributed by atoms with Gasteiger partial charge in [-0.15, -0.1) is 0 Å². The van der Waals surface area contributed by atoms with Crippen molar-refractivity contribution in [1.82, 2.24) is 9.97 Å². The number of fused-ring (bicyclic) bond motifs is 1. The van der Waals surface area contributed by atoms with E-state index < -0.39 is 4.92 Å². The number of hydrogen-bond acceptors (Lipinski definition) is 6. The minimum absolute atomic E-state index is 0.0124. The van der Waals surface area contributed by atoms with Gasteiger partial charge in [0.25, 0.3) is 5.69 Å². The van der Waals surface area contributed by atoms with Gasteiger partial charge in [-0.3, -0.25) is 15.1 Å². The Morgan fingerprint density at radius 1 is 1.20 bits per heavy atom. The number of H-pyrrole nitrogens is 1. The average molecular weight is 402 g/mol. The third-order valence-corrected chi connectivity index (χ3v) is 4.73. The van der Waals surface area contributed by atoms with E-state index in [1.807, 2.05) is 49.4 Å². The van der Waals surface area contributed by atoms with E-state index in [0.29, 0.717) is 11.5 Å². The first kappa shape index (κ1) is 19.1. The molecule has 1 aromatic heterocycles. The molecule has 0 amide bonds. The van der Waals surface area contributed by atoms with Gasteiger partial charge in [0, 0.05) is 23.4 Å². The van der Waals surface area contributed by atoms with Gasteiger partial charge < -0.3 is 14.8 Å². The van der Waals surface area contributed by atoms with Crippen LogP contribution >= 0.6 is 0 Å². The summed E-state index contributed by atoms with van der Waals surface area (Å²) in [5.41, 5.74) is 4.21. The van der Waals surface area contributed by atoms with Gasteiger partial charge in [-0.1, -0.05) is 24.3 Å². The van der Waals surface area contributed by atoms with Gasteiger partial charge in [0.1, 0.15) is 5.82 Å². The Kier molecular flexibility index (Phi) is 4.89. The van der Waals surface area contributed by atoms with E-state index in [4.69, 9.17) is 4.74 Å². The summed E-state index contributed by atoms with van der Waals surface area (Å²) in [6, 6.07) is 15.9. The van der Waals surface area contributed by atoms with Crippen LogP contribution in [0.5, 0.6) is 11.5 Å². The van der Waals surface area contributed by atoms with E-state index in [9.17, 15) is 15.2 Å². The Balaban J connectivity index is 1.73. The van der Waals surface area contributed by atoms with Crippen molar-refractivity contribution in [2.75, 3.05) is 7.11 Å². The number of phenolic OH excluding ortho intramolecular Hbond substituents is 1. The first-order valence-corrected chi connectivity index (χ1v) is 9.11. The average Bonchev–Trinajstić information content (AvgIpc) is 3.18. The van der Waals surface area contributed by atoms with Gasteiger partial charge in [-0.05, 0) is 30.7 Å². The molecule has 4 rings (SSSR count). The highest BCUT2D eigenvalue weighted by molar-refractivity contribution is 5.88. The summed E-state index contributed by atoms with van der Waals surface area (Å²) in [5, 5.41) is 21.5. The number of aliphatic imine (C=N–C) groups is 1. The predicted octanol–water partition coefficient (Wildman–Crippen LogP) is 4.91. The summed E-state index contributed by atoms with van der Waals surface area (Å²) in [5.74, 6) is 0.517. The third kappa shape index (κ3) is 3.58. The van der Waals surface area contributed by atoms with Crippen LogP contribution in [0.4, 0.5) is 11.4 Å². The summed E-state index contributed by atoms with van der Waals surface area (Å²) in [6.07, 6.45) is 1.38. The summed E-state index contributed by atoms with van der Waals surface area (Å²) >= 11 is 0. The van der Waals surface area contributed by atoms with Crippen LogP contribution in [0.3, 0.4) is 0 Å². The van der Waals surface area contributed by atoms with Crippen molar-refractivity contribution in [2.45, 2.75) is 6.92 Å². The number of nitro groups is 1. The first-order chi connectivity index (χ1) is 14.5. The van der Waals surface area contributed by atoms with Crippen LogP contribution < -0.4 is 4.74 Å². The molecule has 0 aliphatic rings. The smallest absolute Gasteiger partial charge is 0.274 e. The Labute approximate surface area is 171 Å². The van der Waals surface area contributed by atoms with Gasteiger partial charge in [0.05, 0.1) is 34.8 Å². The molecular weight excluding hydrogens is 384 g/mol. The number of aromatic amines is 1. The fraction of sp³-hybridized carbons (Fsp3) is 0.0909.